The molecule has 0 aliphatic rings. The zero-order chi connectivity index (χ0) is 10.8. The lowest BCUT2D eigenvalue weighted by Crippen LogP contribution is -2.05. The van der Waals surface area contributed by atoms with E-state index in [0.717, 1.165) is 14.1 Å². The Morgan fingerprint density at radius 3 is 2.73 bits per heavy atom. The van der Waals surface area contributed by atoms with E-state index < -0.39 is 0 Å². The number of hydrogen-bond donors (Lipinski definition) is 1. The molecule has 0 bridgehead atoms. The van der Waals surface area contributed by atoms with Gasteiger partial charge in [0.2, 0.25) is 5.13 Å². The molecule has 0 saturated carbocycles. The molecule has 0 saturated heterocycles. The summed E-state index contributed by atoms with van der Waals surface area (Å²) in [5.41, 5.74) is 0. The second kappa shape index (κ2) is 4.54. The molecule has 80 valence electrons. The monoisotopic (exact) mass is 304 g/mol. The van der Waals surface area contributed by atoms with Crippen molar-refractivity contribution in [3.63, 3.8) is 0 Å². The third-order valence-corrected chi connectivity index (χ3v) is 4.13. The quantitative estimate of drug-likeness (QED) is 0.946. The van der Waals surface area contributed by atoms with Crippen molar-refractivity contribution < 1.29 is 0 Å². The molecule has 0 fully saturated rings. The van der Waals surface area contributed by atoms with Gasteiger partial charge in [0.25, 0.3) is 0 Å². The molecule has 1 unspecified atom stereocenters. The summed E-state index contributed by atoms with van der Waals surface area (Å²) in [4.78, 5) is 5.54. The third kappa shape index (κ3) is 2.73. The molecule has 7 heteroatoms. The number of aromatic nitrogens is 3. The molecule has 1 atom stereocenters. The molecule has 0 aliphatic heterocycles. The van der Waals surface area contributed by atoms with Crippen LogP contribution in [0.15, 0.2) is 10.1 Å². The molecule has 0 spiro atoms. The van der Waals surface area contributed by atoms with Crippen molar-refractivity contribution in [3.8, 4) is 0 Å². The fourth-order valence-electron chi connectivity index (χ4n) is 1.08. The van der Waals surface area contributed by atoms with Gasteiger partial charge in [0.1, 0.15) is 5.01 Å². The highest BCUT2D eigenvalue weighted by molar-refractivity contribution is 9.11. The summed E-state index contributed by atoms with van der Waals surface area (Å²) < 4.78 is 0.785. The van der Waals surface area contributed by atoms with Crippen LogP contribution in [0.1, 0.15) is 22.9 Å². The van der Waals surface area contributed by atoms with Crippen LogP contribution < -0.4 is 5.32 Å². The van der Waals surface area contributed by atoms with Gasteiger partial charge in [-0.2, -0.15) is 0 Å². The molecular formula is C8H9BrN4S2. The fraction of sp³-hybridized carbons (Fsp3) is 0.375. The first-order valence-corrected chi connectivity index (χ1v) is 6.75. The largest absolute Gasteiger partial charge is 0.351 e. The minimum atomic E-state index is 0.170. The summed E-state index contributed by atoms with van der Waals surface area (Å²) in [7, 11) is 0. The van der Waals surface area contributed by atoms with Gasteiger partial charge >= 0.3 is 0 Å². The summed E-state index contributed by atoms with van der Waals surface area (Å²) in [5, 5.41) is 13.0. The molecule has 2 rings (SSSR count). The van der Waals surface area contributed by atoms with Gasteiger partial charge in [-0.1, -0.05) is 11.3 Å². The Bertz CT molecular complexity index is 453. The zero-order valence-corrected chi connectivity index (χ0v) is 11.4. The Hall–Kier alpha value is -0.530. The van der Waals surface area contributed by atoms with Crippen LogP contribution in [-0.4, -0.2) is 15.2 Å². The van der Waals surface area contributed by atoms with Crippen molar-refractivity contribution in [2.24, 2.45) is 0 Å². The molecule has 0 amide bonds. The predicted octanol–water partition coefficient (Wildman–Crippen LogP) is 3.24. The number of halogens is 1. The number of thiazole rings is 1. The van der Waals surface area contributed by atoms with Crippen molar-refractivity contribution in [3.05, 3.63) is 20.0 Å². The second-order valence-corrected chi connectivity index (χ2v) is 6.56. The number of aryl methyl sites for hydroxylation is 1. The Balaban J connectivity index is 2.06. The highest BCUT2D eigenvalue weighted by Gasteiger charge is 2.11. The van der Waals surface area contributed by atoms with Crippen molar-refractivity contribution in [1.82, 2.24) is 15.2 Å². The topological polar surface area (TPSA) is 50.7 Å². The Kier molecular flexibility index (Phi) is 3.32. The van der Waals surface area contributed by atoms with Gasteiger partial charge in [0, 0.05) is 11.1 Å². The van der Waals surface area contributed by atoms with Crippen molar-refractivity contribution in [1.29, 1.82) is 0 Å². The van der Waals surface area contributed by atoms with E-state index in [-0.39, 0.29) is 6.04 Å². The summed E-state index contributed by atoms with van der Waals surface area (Å²) >= 11 is 6.45. The van der Waals surface area contributed by atoms with E-state index in [0.29, 0.717) is 0 Å². The molecule has 0 aromatic carbocycles. The molecule has 2 aromatic heterocycles. The van der Waals surface area contributed by atoms with Crippen LogP contribution >= 0.6 is 38.6 Å². The van der Waals surface area contributed by atoms with E-state index in [9.17, 15) is 0 Å². The van der Waals surface area contributed by atoms with Crippen LogP contribution in [0, 0.1) is 6.92 Å². The van der Waals surface area contributed by atoms with E-state index in [1.54, 1.807) is 11.3 Å². The highest BCUT2D eigenvalue weighted by atomic mass is 79.9. The lowest BCUT2D eigenvalue weighted by Gasteiger charge is -2.08. The van der Waals surface area contributed by atoms with Crippen molar-refractivity contribution in [2.45, 2.75) is 19.9 Å². The first kappa shape index (κ1) is 11.0. The molecule has 2 aromatic rings. The maximum atomic E-state index is 4.32. The van der Waals surface area contributed by atoms with Crippen LogP contribution in [0.5, 0.6) is 0 Å². The molecule has 15 heavy (non-hydrogen) atoms. The van der Waals surface area contributed by atoms with Crippen molar-refractivity contribution >= 4 is 43.7 Å². The van der Waals surface area contributed by atoms with E-state index in [2.05, 4.69) is 50.3 Å². The van der Waals surface area contributed by atoms with E-state index in [1.165, 1.54) is 16.2 Å². The number of nitrogens with zero attached hydrogens (tertiary/aromatic N) is 3. The van der Waals surface area contributed by atoms with Crippen LogP contribution in [-0.2, 0) is 0 Å². The minimum absolute atomic E-state index is 0.170. The lowest BCUT2D eigenvalue weighted by molar-refractivity contribution is 0.859. The van der Waals surface area contributed by atoms with Gasteiger partial charge < -0.3 is 5.32 Å². The lowest BCUT2D eigenvalue weighted by atomic mass is 10.4. The Morgan fingerprint density at radius 2 is 2.20 bits per heavy atom. The van der Waals surface area contributed by atoms with E-state index in [4.69, 9.17) is 0 Å². The molecule has 1 N–H and O–H groups in total. The normalized spacial score (nSPS) is 12.7. The minimum Gasteiger partial charge on any atom is -0.351 e. The van der Waals surface area contributed by atoms with Gasteiger partial charge in [0.15, 0.2) is 3.92 Å². The van der Waals surface area contributed by atoms with Crippen LogP contribution in [0.2, 0.25) is 0 Å². The van der Waals surface area contributed by atoms with Gasteiger partial charge in [0.05, 0.1) is 6.04 Å². The van der Waals surface area contributed by atoms with Crippen molar-refractivity contribution in [2.75, 3.05) is 5.32 Å². The smallest absolute Gasteiger partial charge is 0.207 e. The fourth-order valence-corrected chi connectivity index (χ4v) is 2.96. The van der Waals surface area contributed by atoms with Crippen LogP contribution in [0.25, 0.3) is 0 Å². The first-order chi connectivity index (χ1) is 7.15. The van der Waals surface area contributed by atoms with Crippen LogP contribution in [0.3, 0.4) is 0 Å². The van der Waals surface area contributed by atoms with Gasteiger partial charge in [-0.3, -0.25) is 0 Å². The number of hydrogen-bond acceptors (Lipinski definition) is 6. The Labute approximate surface area is 104 Å². The standard InChI is InChI=1S/C8H9BrN4S2/c1-4-3-10-6(14-4)5(2)11-8-13-12-7(9)15-8/h3,5H,1-2H3,(H,11,13). The summed E-state index contributed by atoms with van der Waals surface area (Å²) in [6.45, 7) is 4.11. The maximum Gasteiger partial charge on any atom is 0.207 e. The average molecular weight is 305 g/mol. The van der Waals surface area contributed by atoms with Gasteiger partial charge in [-0.25, -0.2) is 4.98 Å². The zero-order valence-electron chi connectivity index (χ0n) is 8.19. The number of rotatable bonds is 3. The molecular weight excluding hydrogens is 296 g/mol. The molecule has 0 aliphatic carbocycles. The molecule has 0 radical (unpaired) electrons. The molecule has 4 nitrogen and oxygen atoms in total. The Morgan fingerprint density at radius 1 is 1.40 bits per heavy atom. The average Bonchev–Trinajstić information content (AvgIpc) is 2.75. The molecule has 2 heterocycles. The summed E-state index contributed by atoms with van der Waals surface area (Å²) in [5.74, 6) is 0. The summed E-state index contributed by atoms with van der Waals surface area (Å²) in [6.07, 6.45) is 1.88. The number of nitrogens with one attached hydrogen (secondary N) is 1. The SMILES string of the molecule is Cc1cnc(C(C)Nc2nnc(Br)s2)s1. The van der Waals surface area contributed by atoms with Gasteiger partial charge in [-0.15, -0.1) is 21.5 Å². The van der Waals surface area contributed by atoms with Crippen LogP contribution in [0.4, 0.5) is 5.13 Å². The summed E-state index contributed by atoms with van der Waals surface area (Å²) in [6, 6.07) is 0.170. The van der Waals surface area contributed by atoms with E-state index in [1.807, 2.05) is 6.20 Å². The number of anilines is 1. The third-order valence-electron chi connectivity index (χ3n) is 1.75. The first-order valence-electron chi connectivity index (χ1n) is 4.33. The van der Waals surface area contributed by atoms with Gasteiger partial charge in [-0.05, 0) is 29.8 Å². The maximum absolute atomic E-state index is 4.32. The highest BCUT2D eigenvalue weighted by Crippen LogP contribution is 2.26. The predicted molar refractivity (Wildman–Crippen MR) is 66.5 cm³/mol. The van der Waals surface area contributed by atoms with E-state index >= 15 is 0 Å². The second-order valence-electron chi connectivity index (χ2n) is 3.04.